The monoisotopic (exact) mass is 467 g/mol. The van der Waals surface area contributed by atoms with E-state index in [1.54, 1.807) is 23.9 Å². The van der Waals surface area contributed by atoms with E-state index in [4.69, 9.17) is 11.6 Å². The van der Waals surface area contributed by atoms with Gasteiger partial charge in [-0.15, -0.1) is 11.8 Å². The lowest BCUT2D eigenvalue weighted by Gasteiger charge is -2.26. The van der Waals surface area contributed by atoms with E-state index in [1.807, 2.05) is 48.2 Å². The third-order valence-corrected chi connectivity index (χ3v) is 6.63. The molecule has 9 heteroatoms. The smallest absolute Gasteiger partial charge is 0.270 e. The first-order chi connectivity index (χ1) is 15.3. The summed E-state index contributed by atoms with van der Waals surface area (Å²) in [5.41, 5.74) is 3.36. The van der Waals surface area contributed by atoms with Crippen LogP contribution in [0.15, 0.2) is 66.7 Å². The number of hydrogen-bond acceptors (Lipinski definition) is 5. The maximum atomic E-state index is 12.6. The van der Waals surface area contributed by atoms with E-state index in [-0.39, 0.29) is 27.6 Å². The number of anilines is 2. The maximum Gasteiger partial charge on any atom is 0.270 e. The average Bonchev–Trinajstić information content (AvgIpc) is 3.15. The van der Waals surface area contributed by atoms with E-state index >= 15 is 0 Å². The number of thioether (sulfide) groups is 1. The Morgan fingerprint density at radius 1 is 1.16 bits per heavy atom. The molecule has 1 aliphatic heterocycles. The number of hydrogen-bond donors (Lipinski definition) is 1. The summed E-state index contributed by atoms with van der Waals surface area (Å²) in [6, 6.07) is 18.7. The number of carbonyl (C=O) groups is 2. The molecular weight excluding hydrogens is 450 g/mol. The minimum absolute atomic E-state index is 0.00283. The number of carbonyl (C=O) groups excluding carboxylic acids is 2. The van der Waals surface area contributed by atoms with Crippen molar-refractivity contribution in [3.8, 4) is 0 Å². The molecule has 0 aliphatic carbocycles. The highest BCUT2D eigenvalue weighted by Gasteiger charge is 2.34. The highest BCUT2D eigenvalue weighted by Crippen LogP contribution is 2.42. The van der Waals surface area contributed by atoms with Crippen LogP contribution in [0.2, 0.25) is 5.02 Å². The summed E-state index contributed by atoms with van der Waals surface area (Å²) in [6.07, 6.45) is 0. The second kappa shape index (κ2) is 9.02. The third-order valence-electron chi connectivity index (χ3n) is 5.10. The lowest BCUT2D eigenvalue weighted by atomic mass is 10.1. The van der Waals surface area contributed by atoms with Crippen LogP contribution in [-0.4, -0.2) is 22.5 Å². The third kappa shape index (κ3) is 4.32. The van der Waals surface area contributed by atoms with E-state index in [0.717, 1.165) is 22.9 Å². The molecule has 1 heterocycles. The number of nitro groups is 1. The van der Waals surface area contributed by atoms with E-state index in [1.165, 1.54) is 12.1 Å². The van der Waals surface area contributed by atoms with Crippen molar-refractivity contribution in [2.45, 2.75) is 12.3 Å². The normalized spacial score (nSPS) is 15.6. The molecule has 32 heavy (non-hydrogen) atoms. The quantitative estimate of drug-likeness (QED) is 0.390. The number of nitro benzene ring substituents is 1. The predicted molar refractivity (Wildman–Crippen MR) is 126 cm³/mol. The number of non-ortho nitro benzene ring substituents is 1. The number of nitrogens with zero attached hydrogens (tertiary/aromatic N) is 2. The fraction of sp³-hybridized carbons (Fsp3) is 0.130. The Hall–Kier alpha value is -3.36. The predicted octanol–water partition coefficient (Wildman–Crippen LogP) is 5.59. The standard InChI is InChI=1S/C23H18ClN3O4S/c1-14-4-2-3-5-20(14)26-21(28)13-32-23(26)15-6-8-16(9-7-15)25-22(29)18-11-10-17(27(30)31)12-19(18)24/h2-12,23H,13H2,1H3,(H,25,29). The molecule has 0 saturated carbocycles. The highest BCUT2D eigenvalue weighted by molar-refractivity contribution is 8.00. The summed E-state index contributed by atoms with van der Waals surface area (Å²) >= 11 is 7.60. The van der Waals surface area contributed by atoms with Crippen molar-refractivity contribution in [1.82, 2.24) is 0 Å². The van der Waals surface area contributed by atoms with Crippen LogP contribution in [0.25, 0.3) is 0 Å². The number of nitrogens with one attached hydrogen (secondary N) is 1. The molecule has 1 atom stereocenters. The Morgan fingerprint density at radius 3 is 2.53 bits per heavy atom. The average molecular weight is 468 g/mol. The molecule has 0 aromatic heterocycles. The molecule has 2 amide bonds. The van der Waals surface area contributed by atoms with Crippen LogP contribution in [0.3, 0.4) is 0 Å². The molecule has 7 nitrogen and oxygen atoms in total. The van der Waals surface area contributed by atoms with Gasteiger partial charge < -0.3 is 5.32 Å². The SMILES string of the molecule is Cc1ccccc1N1C(=O)CSC1c1ccc(NC(=O)c2ccc([N+](=O)[O-])cc2Cl)cc1. The van der Waals surface area contributed by atoms with Gasteiger partial charge in [-0.05, 0) is 42.3 Å². The van der Waals surface area contributed by atoms with Gasteiger partial charge in [0.25, 0.3) is 11.6 Å². The Bertz CT molecular complexity index is 1220. The minimum atomic E-state index is -0.571. The van der Waals surface area contributed by atoms with Gasteiger partial charge in [0.15, 0.2) is 0 Å². The van der Waals surface area contributed by atoms with Gasteiger partial charge in [-0.2, -0.15) is 0 Å². The van der Waals surface area contributed by atoms with Crippen molar-refractivity contribution < 1.29 is 14.5 Å². The van der Waals surface area contributed by atoms with Gasteiger partial charge in [0.05, 0.1) is 21.3 Å². The molecule has 1 N–H and O–H groups in total. The van der Waals surface area contributed by atoms with Crippen LogP contribution >= 0.6 is 23.4 Å². The molecule has 1 aliphatic rings. The second-order valence-corrected chi connectivity index (χ2v) is 8.69. The van der Waals surface area contributed by atoms with Gasteiger partial charge in [-0.1, -0.05) is 41.9 Å². The summed E-state index contributed by atoms with van der Waals surface area (Å²) in [6.45, 7) is 1.98. The van der Waals surface area contributed by atoms with Crippen molar-refractivity contribution in [2.24, 2.45) is 0 Å². The topological polar surface area (TPSA) is 92.6 Å². The van der Waals surface area contributed by atoms with Crippen molar-refractivity contribution in [1.29, 1.82) is 0 Å². The molecule has 162 valence electrons. The summed E-state index contributed by atoms with van der Waals surface area (Å²) in [7, 11) is 0. The minimum Gasteiger partial charge on any atom is -0.322 e. The number of halogens is 1. The molecular formula is C23H18ClN3O4S. The summed E-state index contributed by atoms with van der Waals surface area (Å²) < 4.78 is 0. The van der Waals surface area contributed by atoms with Gasteiger partial charge in [-0.25, -0.2) is 0 Å². The highest BCUT2D eigenvalue weighted by atomic mass is 35.5. The Labute approximate surface area is 193 Å². The lowest BCUT2D eigenvalue weighted by Crippen LogP contribution is -2.28. The van der Waals surface area contributed by atoms with E-state index in [0.29, 0.717) is 11.4 Å². The summed E-state index contributed by atoms with van der Waals surface area (Å²) in [4.78, 5) is 37.2. The first kappa shape index (κ1) is 21.9. The number of aryl methyl sites for hydroxylation is 1. The van der Waals surface area contributed by atoms with Crippen LogP contribution < -0.4 is 10.2 Å². The van der Waals surface area contributed by atoms with E-state index in [2.05, 4.69) is 5.32 Å². The molecule has 0 spiro atoms. The molecule has 3 aromatic rings. The van der Waals surface area contributed by atoms with Crippen LogP contribution in [0, 0.1) is 17.0 Å². The second-order valence-electron chi connectivity index (χ2n) is 7.21. The summed E-state index contributed by atoms with van der Waals surface area (Å²) in [5.74, 6) is -0.0139. The van der Waals surface area contributed by atoms with Crippen molar-refractivity contribution in [2.75, 3.05) is 16.0 Å². The Morgan fingerprint density at radius 2 is 1.88 bits per heavy atom. The largest absolute Gasteiger partial charge is 0.322 e. The number of benzene rings is 3. The number of para-hydroxylation sites is 1. The fourth-order valence-electron chi connectivity index (χ4n) is 3.50. The molecule has 1 unspecified atom stereocenters. The first-order valence-corrected chi connectivity index (χ1v) is 11.1. The van der Waals surface area contributed by atoms with Crippen LogP contribution in [0.4, 0.5) is 17.1 Å². The zero-order valence-corrected chi connectivity index (χ0v) is 18.5. The summed E-state index contributed by atoms with van der Waals surface area (Å²) in [5, 5.41) is 13.4. The van der Waals surface area contributed by atoms with Gasteiger partial charge in [0, 0.05) is 23.5 Å². The van der Waals surface area contributed by atoms with E-state index in [9.17, 15) is 19.7 Å². The van der Waals surface area contributed by atoms with Gasteiger partial charge in [0.2, 0.25) is 5.91 Å². The van der Waals surface area contributed by atoms with Crippen molar-refractivity contribution >= 4 is 52.2 Å². The Kier molecular flexibility index (Phi) is 6.16. The van der Waals surface area contributed by atoms with Crippen LogP contribution in [0.1, 0.15) is 26.9 Å². The van der Waals surface area contributed by atoms with Crippen LogP contribution in [-0.2, 0) is 4.79 Å². The molecule has 0 bridgehead atoms. The molecule has 3 aromatic carbocycles. The number of rotatable bonds is 5. The van der Waals surface area contributed by atoms with Gasteiger partial charge in [-0.3, -0.25) is 24.6 Å². The van der Waals surface area contributed by atoms with Crippen LogP contribution in [0.5, 0.6) is 0 Å². The van der Waals surface area contributed by atoms with Crippen molar-refractivity contribution in [3.63, 3.8) is 0 Å². The van der Waals surface area contributed by atoms with Crippen molar-refractivity contribution in [3.05, 3.63) is 98.6 Å². The fourth-order valence-corrected chi connectivity index (χ4v) is 4.93. The maximum absolute atomic E-state index is 12.6. The lowest BCUT2D eigenvalue weighted by molar-refractivity contribution is -0.384. The number of amides is 2. The molecule has 4 rings (SSSR count). The Balaban J connectivity index is 1.52. The molecule has 1 saturated heterocycles. The van der Waals surface area contributed by atoms with E-state index < -0.39 is 10.8 Å². The molecule has 0 radical (unpaired) electrons. The molecule has 1 fully saturated rings. The zero-order valence-electron chi connectivity index (χ0n) is 16.9. The van der Waals surface area contributed by atoms with Gasteiger partial charge in [0.1, 0.15) is 5.37 Å². The van der Waals surface area contributed by atoms with Gasteiger partial charge >= 0.3 is 0 Å². The zero-order chi connectivity index (χ0) is 22.8. The first-order valence-electron chi connectivity index (χ1n) is 9.69.